The first-order chi connectivity index (χ1) is 12.1. The van der Waals surface area contributed by atoms with Crippen LogP contribution in [0, 0.1) is 0 Å². The van der Waals surface area contributed by atoms with E-state index in [4.69, 9.17) is 4.84 Å². The molecule has 8 nitrogen and oxygen atoms in total. The molecular formula is C17H18N4O4. The first kappa shape index (κ1) is 16.6. The van der Waals surface area contributed by atoms with E-state index in [1.165, 1.54) is 10.9 Å². The molecule has 8 heteroatoms. The molecule has 3 rings (SSSR count). The van der Waals surface area contributed by atoms with Crippen molar-refractivity contribution in [2.24, 2.45) is 0 Å². The van der Waals surface area contributed by atoms with Gasteiger partial charge in [-0.2, -0.15) is 5.10 Å². The second-order valence-corrected chi connectivity index (χ2v) is 5.23. The number of amides is 1. The molecule has 1 aromatic carbocycles. The Kier molecular flexibility index (Phi) is 4.42. The largest absolute Gasteiger partial charge is 0.506 e. The fraction of sp³-hybridized carbons (Fsp3) is 0.235. The molecule has 2 aromatic heterocycles. The fourth-order valence-corrected chi connectivity index (χ4v) is 2.60. The van der Waals surface area contributed by atoms with Crippen molar-refractivity contribution >= 4 is 16.9 Å². The summed E-state index contributed by atoms with van der Waals surface area (Å²) in [5, 5.41) is 17.5. The van der Waals surface area contributed by atoms with E-state index in [9.17, 15) is 14.7 Å². The number of hydrogen-bond donors (Lipinski definition) is 2. The Morgan fingerprint density at radius 2 is 2.00 bits per heavy atom. The number of nitrogens with zero attached hydrogens (tertiary/aromatic N) is 3. The minimum Gasteiger partial charge on any atom is -0.506 e. The topological polar surface area (TPSA) is 98.4 Å². The van der Waals surface area contributed by atoms with Crippen molar-refractivity contribution in [1.29, 1.82) is 0 Å². The molecule has 0 radical (unpaired) electrons. The SMILES string of the molecule is CCNC(=O)c1c(O)c2cnn(-c3ccccc3)c2n(OCC)c1=O. The summed E-state index contributed by atoms with van der Waals surface area (Å²) in [5.74, 6) is -1.07. The number of fused-ring (bicyclic) bond motifs is 1. The molecule has 0 aliphatic rings. The number of nitrogens with one attached hydrogen (secondary N) is 1. The average molecular weight is 342 g/mol. The van der Waals surface area contributed by atoms with Crippen molar-refractivity contribution in [1.82, 2.24) is 19.8 Å². The lowest BCUT2D eigenvalue weighted by Crippen LogP contribution is -2.36. The maximum absolute atomic E-state index is 12.8. The van der Waals surface area contributed by atoms with Crippen LogP contribution in [0.15, 0.2) is 41.3 Å². The van der Waals surface area contributed by atoms with Gasteiger partial charge < -0.3 is 15.3 Å². The Morgan fingerprint density at radius 3 is 2.64 bits per heavy atom. The van der Waals surface area contributed by atoms with Gasteiger partial charge in [0.1, 0.15) is 12.4 Å². The van der Waals surface area contributed by atoms with Crippen molar-refractivity contribution in [2.75, 3.05) is 13.2 Å². The van der Waals surface area contributed by atoms with E-state index in [1.807, 2.05) is 30.3 Å². The van der Waals surface area contributed by atoms with Gasteiger partial charge in [-0.1, -0.05) is 18.2 Å². The summed E-state index contributed by atoms with van der Waals surface area (Å²) in [6.45, 7) is 3.98. The molecule has 0 aliphatic carbocycles. The first-order valence-electron chi connectivity index (χ1n) is 7.92. The van der Waals surface area contributed by atoms with Gasteiger partial charge in [0.2, 0.25) is 0 Å². The number of aromatic hydroxyl groups is 1. The van der Waals surface area contributed by atoms with E-state index < -0.39 is 17.2 Å². The Balaban J connectivity index is 2.36. The average Bonchev–Trinajstić information content (AvgIpc) is 3.05. The van der Waals surface area contributed by atoms with Gasteiger partial charge >= 0.3 is 5.56 Å². The maximum Gasteiger partial charge on any atom is 0.301 e. The second kappa shape index (κ2) is 6.68. The number of benzene rings is 1. The van der Waals surface area contributed by atoms with Gasteiger partial charge in [0.05, 0.1) is 17.3 Å². The van der Waals surface area contributed by atoms with Crippen LogP contribution in [0.1, 0.15) is 24.2 Å². The van der Waals surface area contributed by atoms with Gasteiger partial charge in [-0.15, -0.1) is 4.73 Å². The van der Waals surface area contributed by atoms with E-state index in [1.54, 1.807) is 13.8 Å². The summed E-state index contributed by atoms with van der Waals surface area (Å²) in [6.07, 6.45) is 1.40. The normalized spacial score (nSPS) is 10.8. The molecule has 0 bridgehead atoms. The second-order valence-electron chi connectivity index (χ2n) is 5.23. The van der Waals surface area contributed by atoms with Crippen molar-refractivity contribution in [2.45, 2.75) is 13.8 Å². The summed E-state index contributed by atoms with van der Waals surface area (Å²) >= 11 is 0. The highest BCUT2D eigenvalue weighted by Gasteiger charge is 2.25. The van der Waals surface area contributed by atoms with E-state index in [0.717, 1.165) is 4.73 Å². The fourth-order valence-electron chi connectivity index (χ4n) is 2.60. The van der Waals surface area contributed by atoms with Crippen LogP contribution in [0.5, 0.6) is 5.75 Å². The number of para-hydroxylation sites is 1. The van der Waals surface area contributed by atoms with Gasteiger partial charge in [-0.3, -0.25) is 9.59 Å². The number of rotatable bonds is 5. The zero-order valence-corrected chi connectivity index (χ0v) is 13.9. The van der Waals surface area contributed by atoms with Gasteiger partial charge in [-0.05, 0) is 26.0 Å². The van der Waals surface area contributed by atoms with Gasteiger partial charge in [0.25, 0.3) is 5.91 Å². The highest BCUT2D eigenvalue weighted by atomic mass is 16.7. The third kappa shape index (κ3) is 2.71. The van der Waals surface area contributed by atoms with Crippen LogP contribution in [-0.2, 0) is 0 Å². The van der Waals surface area contributed by atoms with Crippen molar-refractivity contribution in [3.05, 3.63) is 52.4 Å². The molecule has 0 spiro atoms. The van der Waals surface area contributed by atoms with Crippen molar-refractivity contribution in [3.63, 3.8) is 0 Å². The summed E-state index contributed by atoms with van der Waals surface area (Å²) in [6, 6.07) is 9.13. The Bertz CT molecular complexity index is 976. The predicted octanol–water partition coefficient (Wildman–Crippen LogP) is 1.09. The molecule has 2 heterocycles. The molecule has 0 fully saturated rings. The number of carbonyl (C=O) groups is 1. The molecular weight excluding hydrogens is 324 g/mol. The molecule has 0 saturated heterocycles. The Hall–Kier alpha value is -3.29. The standard InChI is InChI=1S/C17H18N4O4/c1-3-18-15(23)13-14(22)12-10-19-20(11-8-6-5-7-9-11)16(12)21(17(13)24)25-4-2/h5-10,22H,3-4H2,1-2H3,(H,18,23). The Labute approximate surface area is 143 Å². The van der Waals surface area contributed by atoms with Crippen LogP contribution in [0.2, 0.25) is 0 Å². The molecule has 130 valence electrons. The van der Waals surface area contributed by atoms with Crippen LogP contribution < -0.4 is 15.7 Å². The number of pyridine rings is 1. The van der Waals surface area contributed by atoms with Crippen LogP contribution in [-0.4, -0.2) is 38.7 Å². The lowest BCUT2D eigenvalue weighted by Gasteiger charge is -2.14. The third-order valence-electron chi connectivity index (χ3n) is 3.65. The molecule has 3 aromatic rings. The Morgan fingerprint density at radius 1 is 1.28 bits per heavy atom. The number of carbonyl (C=O) groups excluding carboxylic acids is 1. The zero-order valence-electron chi connectivity index (χ0n) is 13.9. The van der Waals surface area contributed by atoms with E-state index >= 15 is 0 Å². The van der Waals surface area contributed by atoms with E-state index in [0.29, 0.717) is 12.2 Å². The number of aromatic nitrogens is 3. The highest BCUT2D eigenvalue weighted by molar-refractivity contribution is 6.01. The summed E-state index contributed by atoms with van der Waals surface area (Å²) in [5.41, 5.74) is -0.162. The minimum absolute atomic E-state index is 0.203. The maximum atomic E-state index is 12.8. The monoisotopic (exact) mass is 342 g/mol. The van der Waals surface area contributed by atoms with Crippen LogP contribution in [0.3, 0.4) is 0 Å². The lowest BCUT2D eigenvalue weighted by molar-refractivity contribution is 0.0934. The predicted molar refractivity (Wildman–Crippen MR) is 92.1 cm³/mol. The summed E-state index contributed by atoms with van der Waals surface area (Å²) in [4.78, 5) is 30.4. The molecule has 1 amide bonds. The third-order valence-corrected chi connectivity index (χ3v) is 3.65. The van der Waals surface area contributed by atoms with Gasteiger partial charge in [-0.25, -0.2) is 4.68 Å². The molecule has 0 saturated carbocycles. The van der Waals surface area contributed by atoms with Crippen molar-refractivity contribution in [3.8, 4) is 11.4 Å². The van der Waals surface area contributed by atoms with Crippen LogP contribution >= 0.6 is 0 Å². The lowest BCUT2D eigenvalue weighted by atomic mass is 10.2. The van der Waals surface area contributed by atoms with Gasteiger partial charge in [0.15, 0.2) is 11.2 Å². The molecule has 25 heavy (non-hydrogen) atoms. The van der Waals surface area contributed by atoms with E-state index in [-0.39, 0.29) is 23.2 Å². The smallest absolute Gasteiger partial charge is 0.301 e. The molecule has 2 N–H and O–H groups in total. The zero-order chi connectivity index (χ0) is 18.0. The highest BCUT2D eigenvalue weighted by Crippen LogP contribution is 2.27. The molecule has 0 atom stereocenters. The first-order valence-corrected chi connectivity index (χ1v) is 7.92. The quantitative estimate of drug-likeness (QED) is 0.723. The van der Waals surface area contributed by atoms with Crippen LogP contribution in [0.25, 0.3) is 16.7 Å². The van der Waals surface area contributed by atoms with Gasteiger partial charge in [0, 0.05) is 6.54 Å². The summed E-state index contributed by atoms with van der Waals surface area (Å²) < 4.78 is 2.48. The number of hydrogen-bond acceptors (Lipinski definition) is 5. The van der Waals surface area contributed by atoms with Crippen LogP contribution in [0.4, 0.5) is 0 Å². The molecule has 0 aliphatic heterocycles. The van der Waals surface area contributed by atoms with E-state index in [2.05, 4.69) is 10.4 Å². The minimum atomic E-state index is -0.740. The van der Waals surface area contributed by atoms with Crippen molar-refractivity contribution < 1.29 is 14.7 Å². The molecule has 0 unspecified atom stereocenters. The summed E-state index contributed by atoms with van der Waals surface area (Å²) in [7, 11) is 0.